The number of rotatable bonds is 9. The van der Waals surface area contributed by atoms with Gasteiger partial charge in [0.1, 0.15) is 6.04 Å². The Hall–Kier alpha value is -1.55. The largest absolute Gasteiger partial charge is 0.352 e. The predicted molar refractivity (Wildman–Crippen MR) is 98.9 cm³/mol. The maximum atomic E-state index is 12.6. The van der Waals surface area contributed by atoms with E-state index >= 15 is 0 Å². The molecule has 0 aromatic heterocycles. The number of hydrogen-bond acceptors (Lipinski definition) is 2. The van der Waals surface area contributed by atoms with Gasteiger partial charge in [-0.25, -0.2) is 0 Å². The monoisotopic (exact) mass is 352 g/mol. The van der Waals surface area contributed by atoms with E-state index in [0.717, 1.165) is 18.4 Å². The zero-order chi connectivity index (χ0) is 18.1. The SMILES string of the molecule is CCCC(=O)N(Cc1ccc(Cl)cc1)[C@H](CC)C(=O)N[C@@H](C)CC. The van der Waals surface area contributed by atoms with Crippen molar-refractivity contribution in [1.29, 1.82) is 0 Å². The van der Waals surface area contributed by atoms with E-state index in [1.807, 2.05) is 39.8 Å². The van der Waals surface area contributed by atoms with E-state index < -0.39 is 6.04 Å². The Bertz CT molecular complexity index is 531. The summed E-state index contributed by atoms with van der Waals surface area (Å²) < 4.78 is 0. The highest BCUT2D eigenvalue weighted by Gasteiger charge is 2.28. The summed E-state index contributed by atoms with van der Waals surface area (Å²) in [6, 6.07) is 7.06. The molecule has 0 aliphatic carbocycles. The third-order valence-electron chi connectivity index (χ3n) is 4.12. The quantitative estimate of drug-likeness (QED) is 0.725. The molecule has 1 aromatic carbocycles. The second kappa shape index (κ2) is 10.3. The molecule has 2 amide bonds. The number of carbonyl (C=O) groups is 2. The molecule has 0 saturated carbocycles. The van der Waals surface area contributed by atoms with Gasteiger partial charge in [-0.2, -0.15) is 0 Å². The molecule has 0 fully saturated rings. The molecule has 0 heterocycles. The molecule has 0 aliphatic rings. The van der Waals surface area contributed by atoms with Crippen molar-refractivity contribution in [2.75, 3.05) is 0 Å². The Balaban J connectivity index is 2.98. The molecule has 0 bridgehead atoms. The third-order valence-corrected chi connectivity index (χ3v) is 4.37. The van der Waals surface area contributed by atoms with Crippen molar-refractivity contribution < 1.29 is 9.59 Å². The maximum Gasteiger partial charge on any atom is 0.243 e. The minimum atomic E-state index is -0.450. The number of nitrogens with one attached hydrogen (secondary N) is 1. The highest BCUT2D eigenvalue weighted by atomic mass is 35.5. The highest BCUT2D eigenvalue weighted by Crippen LogP contribution is 2.16. The van der Waals surface area contributed by atoms with Crippen LogP contribution in [0.4, 0.5) is 0 Å². The van der Waals surface area contributed by atoms with E-state index in [-0.39, 0.29) is 17.9 Å². The Kier molecular flexibility index (Phi) is 8.83. The summed E-state index contributed by atoms with van der Waals surface area (Å²) in [5.74, 6) is -0.0659. The number of benzene rings is 1. The lowest BCUT2D eigenvalue weighted by molar-refractivity contribution is -0.141. The van der Waals surface area contributed by atoms with Crippen LogP contribution in [-0.2, 0) is 16.1 Å². The van der Waals surface area contributed by atoms with E-state index in [0.29, 0.717) is 24.4 Å². The number of amides is 2. The molecule has 1 aromatic rings. The fourth-order valence-electron chi connectivity index (χ4n) is 2.50. The molecule has 1 N–H and O–H groups in total. The lowest BCUT2D eigenvalue weighted by Crippen LogP contribution is -2.50. The molecule has 24 heavy (non-hydrogen) atoms. The Labute approximate surface area is 150 Å². The van der Waals surface area contributed by atoms with Gasteiger partial charge in [0.05, 0.1) is 0 Å². The molecule has 0 aliphatic heterocycles. The van der Waals surface area contributed by atoms with Crippen LogP contribution in [0.25, 0.3) is 0 Å². The van der Waals surface area contributed by atoms with Crippen LogP contribution < -0.4 is 5.32 Å². The van der Waals surface area contributed by atoms with Gasteiger partial charge >= 0.3 is 0 Å². The lowest BCUT2D eigenvalue weighted by Gasteiger charge is -2.31. The van der Waals surface area contributed by atoms with Gasteiger partial charge in [0.15, 0.2) is 0 Å². The van der Waals surface area contributed by atoms with Gasteiger partial charge in [-0.05, 0) is 43.9 Å². The third kappa shape index (κ3) is 6.16. The number of hydrogen-bond donors (Lipinski definition) is 1. The summed E-state index contributed by atoms with van der Waals surface area (Å²) in [6.45, 7) is 8.33. The minimum Gasteiger partial charge on any atom is -0.352 e. The Morgan fingerprint density at radius 2 is 1.75 bits per heavy atom. The molecule has 0 radical (unpaired) electrons. The Morgan fingerprint density at radius 1 is 1.12 bits per heavy atom. The summed E-state index contributed by atoms with van der Waals surface area (Å²) in [5, 5.41) is 3.66. The summed E-state index contributed by atoms with van der Waals surface area (Å²) in [5.41, 5.74) is 0.971. The first-order chi connectivity index (χ1) is 11.4. The van der Waals surface area contributed by atoms with E-state index in [2.05, 4.69) is 5.32 Å². The van der Waals surface area contributed by atoms with Crippen LogP contribution in [0.15, 0.2) is 24.3 Å². The maximum absolute atomic E-state index is 12.6. The molecule has 0 unspecified atom stereocenters. The molecule has 2 atom stereocenters. The Morgan fingerprint density at radius 3 is 2.25 bits per heavy atom. The van der Waals surface area contributed by atoms with Crippen LogP contribution in [0.2, 0.25) is 5.02 Å². The molecular formula is C19H29ClN2O2. The molecule has 0 saturated heterocycles. The first kappa shape index (κ1) is 20.5. The van der Waals surface area contributed by atoms with Crippen molar-refractivity contribution in [2.24, 2.45) is 0 Å². The van der Waals surface area contributed by atoms with E-state index in [1.54, 1.807) is 17.0 Å². The standard InChI is InChI=1S/C19H29ClN2O2/c1-5-8-18(23)22(13-15-9-11-16(20)12-10-15)17(7-3)19(24)21-14(4)6-2/h9-12,14,17H,5-8,13H2,1-4H3,(H,21,24)/t14-,17+/m0/s1. The van der Waals surface area contributed by atoms with E-state index in [4.69, 9.17) is 11.6 Å². The van der Waals surface area contributed by atoms with Crippen molar-refractivity contribution in [3.63, 3.8) is 0 Å². The van der Waals surface area contributed by atoms with Crippen LogP contribution in [0.1, 0.15) is 58.9 Å². The van der Waals surface area contributed by atoms with Crippen LogP contribution >= 0.6 is 11.6 Å². The van der Waals surface area contributed by atoms with Gasteiger partial charge in [-0.1, -0.05) is 44.5 Å². The second-order valence-electron chi connectivity index (χ2n) is 6.14. The second-order valence-corrected chi connectivity index (χ2v) is 6.58. The normalized spacial score (nSPS) is 13.2. The zero-order valence-corrected chi connectivity index (χ0v) is 15.9. The van der Waals surface area contributed by atoms with Crippen LogP contribution in [0, 0.1) is 0 Å². The fraction of sp³-hybridized carbons (Fsp3) is 0.579. The molecule has 0 spiro atoms. The number of halogens is 1. The lowest BCUT2D eigenvalue weighted by atomic mass is 10.1. The number of nitrogens with zero attached hydrogens (tertiary/aromatic N) is 1. The van der Waals surface area contributed by atoms with Gasteiger partial charge in [-0.15, -0.1) is 0 Å². The summed E-state index contributed by atoms with van der Waals surface area (Å²) >= 11 is 5.93. The molecule has 5 heteroatoms. The zero-order valence-electron chi connectivity index (χ0n) is 15.1. The van der Waals surface area contributed by atoms with Crippen molar-refractivity contribution in [3.05, 3.63) is 34.9 Å². The van der Waals surface area contributed by atoms with Gasteiger partial charge in [0.25, 0.3) is 0 Å². The minimum absolute atomic E-state index is 0.0126. The summed E-state index contributed by atoms with van der Waals surface area (Å²) in [6.07, 6.45) is 2.66. The topological polar surface area (TPSA) is 49.4 Å². The first-order valence-corrected chi connectivity index (χ1v) is 9.14. The molecule has 1 rings (SSSR count). The highest BCUT2D eigenvalue weighted by molar-refractivity contribution is 6.30. The van der Waals surface area contributed by atoms with Crippen molar-refractivity contribution in [1.82, 2.24) is 10.2 Å². The summed E-state index contributed by atoms with van der Waals surface area (Å²) in [4.78, 5) is 26.9. The smallest absolute Gasteiger partial charge is 0.243 e. The van der Waals surface area contributed by atoms with Gasteiger partial charge < -0.3 is 10.2 Å². The molecule has 4 nitrogen and oxygen atoms in total. The fourth-order valence-corrected chi connectivity index (χ4v) is 2.63. The van der Waals surface area contributed by atoms with Gasteiger partial charge in [0.2, 0.25) is 11.8 Å². The average molecular weight is 353 g/mol. The van der Waals surface area contributed by atoms with Gasteiger partial charge in [-0.3, -0.25) is 9.59 Å². The van der Waals surface area contributed by atoms with Crippen molar-refractivity contribution in [2.45, 2.75) is 72.0 Å². The number of carbonyl (C=O) groups excluding carboxylic acids is 2. The van der Waals surface area contributed by atoms with E-state index in [1.165, 1.54) is 0 Å². The van der Waals surface area contributed by atoms with Gasteiger partial charge in [0, 0.05) is 24.0 Å². The van der Waals surface area contributed by atoms with Crippen molar-refractivity contribution >= 4 is 23.4 Å². The molecule has 134 valence electrons. The van der Waals surface area contributed by atoms with E-state index in [9.17, 15) is 9.59 Å². The van der Waals surface area contributed by atoms with Crippen molar-refractivity contribution in [3.8, 4) is 0 Å². The van der Waals surface area contributed by atoms with Crippen LogP contribution in [0.3, 0.4) is 0 Å². The average Bonchev–Trinajstić information content (AvgIpc) is 2.56. The first-order valence-electron chi connectivity index (χ1n) is 8.77. The van der Waals surface area contributed by atoms with Crippen LogP contribution in [-0.4, -0.2) is 28.8 Å². The summed E-state index contributed by atoms with van der Waals surface area (Å²) in [7, 11) is 0. The molecular weight excluding hydrogens is 324 g/mol. The van der Waals surface area contributed by atoms with Crippen LogP contribution in [0.5, 0.6) is 0 Å². The predicted octanol–water partition coefficient (Wildman–Crippen LogP) is 4.16.